The van der Waals surface area contributed by atoms with Crippen molar-refractivity contribution in [2.45, 2.75) is 18.8 Å². The van der Waals surface area contributed by atoms with Crippen LogP contribution in [-0.4, -0.2) is 34.9 Å². The van der Waals surface area contributed by atoms with Gasteiger partial charge in [-0.2, -0.15) is 0 Å². The summed E-state index contributed by atoms with van der Waals surface area (Å²) in [6.07, 6.45) is 1.06. The molecule has 1 saturated heterocycles. The molecule has 1 fully saturated rings. The van der Waals surface area contributed by atoms with Gasteiger partial charge in [-0.15, -0.1) is 0 Å². The molecular weight excluding hydrogens is 216 g/mol. The van der Waals surface area contributed by atoms with Gasteiger partial charge in [-0.25, -0.2) is 4.79 Å². The van der Waals surface area contributed by atoms with Crippen molar-refractivity contribution in [2.75, 3.05) is 13.1 Å². The Labute approximate surface area is 99.6 Å². The van der Waals surface area contributed by atoms with Crippen LogP contribution in [0.15, 0.2) is 29.3 Å². The molecule has 1 amide bonds. The van der Waals surface area contributed by atoms with E-state index in [4.69, 9.17) is 5.11 Å². The Kier molecular flexibility index (Phi) is 2.35. The number of rotatable bonds is 0. The minimum absolute atomic E-state index is 0.329. The molecular formula is C13H14N2O2. The maximum Gasteiger partial charge on any atom is 0.407 e. The second-order valence-electron chi connectivity index (χ2n) is 4.56. The highest BCUT2D eigenvalue weighted by Gasteiger charge is 2.31. The molecule has 1 aromatic carbocycles. The molecule has 4 nitrogen and oxygen atoms in total. The molecule has 0 aromatic heterocycles. The summed E-state index contributed by atoms with van der Waals surface area (Å²) < 4.78 is 0. The van der Waals surface area contributed by atoms with Gasteiger partial charge in [0.1, 0.15) is 0 Å². The van der Waals surface area contributed by atoms with Crippen molar-refractivity contribution in [1.29, 1.82) is 0 Å². The van der Waals surface area contributed by atoms with Crippen molar-refractivity contribution in [2.24, 2.45) is 4.99 Å². The average molecular weight is 230 g/mol. The van der Waals surface area contributed by atoms with Gasteiger partial charge in [-0.1, -0.05) is 18.2 Å². The Hall–Kier alpha value is -1.84. The second-order valence-corrected chi connectivity index (χ2v) is 4.56. The minimum atomic E-state index is -0.843. The van der Waals surface area contributed by atoms with Gasteiger partial charge in [-0.05, 0) is 24.5 Å². The fraction of sp³-hybridized carbons (Fsp3) is 0.385. The number of benzene rings is 1. The average Bonchev–Trinajstić information content (AvgIpc) is 2.53. The standard InChI is InChI=1S/C13H14N2O2/c16-13(17)15-7-3-5-10-9-4-1-2-6-11(9)14-12(10)8-15/h1-2,4,6,10H,3,5,7-8H2,(H,16,17). The quantitative estimate of drug-likeness (QED) is 0.744. The molecule has 17 heavy (non-hydrogen) atoms. The lowest BCUT2D eigenvalue weighted by Gasteiger charge is -2.16. The van der Waals surface area contributed by atoms with Crippen LogP contribution in [0.4, 0.5) is 10.5 Å². The Morgan fingerprint density at radius 3 is 3.06 bits per heavy atom. The number of carboxylic acid groups (broad SMARTS) is 1. The smallest absolute Gasteiger partial charge is 0.407 e. The Balaban J connectivity index is 1.94. The zero-order chi connectivity index (χ0) is 11.8. The van der Waals surface area contributed by atoms with Crippen molar-refractivity contribution in [3.63, 3.8) is 0 Å². The molecule has 0 aliphatic carbocycles. The van der Waals surface area contributed by atoms with E-state index in [1.807, 2.05) is 18.2 Å². The highest BCUT2D eigenvalue weighted by Crippen LogP contribution is 2.39. The van der Waals surface area contributed by atoms with Gasteiger partial charge in [0.2, 0.25) is 0 Å². The third kappa shape index (κ3) is 1.69. The zero-order valence-corrected chi connectivity index (χ0v) is 9.47. The van der Waals surface area contributed by atoms with Crippen LogP contribution in [0.5, 0.6) is 0 Å². The highest BCUT2D eigenvalue weighted by atomic mass is 16.4. The molecule has 0 saturated carbocycles. The lowest BCUT2D eigenvalue weighted by atomic mass is 9.92. The number of fused-ring (bicyclic) bond motifs is 3. The number of hydrogen-bond donors (Lipinski definition) is 1. The third-order valence-corrected chi connectivity index (χ3v) is 3.52. The molecule has 2 aliphatic rings. The molecule has 1 aromatic rings. The van der Waals surface area contributed by atoms with Crippen molar-refractivity contribution >= 4 is 17.5 Å². The molecule has 4 heteroatoms. The minimum Gasteiger partial charge on any atom is -0.465 e. The molecule has 0 radical (unpaired) electrons. The second kappa shape index (κ2) is 3.87. The maximum atomic E-state index is 11.0. The van der Waals surface area contributed by atoms with Gasteiger partial charge in [0, 0.05) is 18.2 Å². The van der Waals surface area contributed by atoms with E-state index in [1.54, 1.807) is 0 Å². The van der Waals surface area contributed by atoms with Crippen LogP contribution in [0.1, 0.15) is 24.3 Å². The van der Waals surface area contributed by atoms with E-state index in [0.29, 0.717) is 19.0 Å². The van der Waals surface area contributed by atoms with Crippen LogP contribution in [0.2, 0.25) is 0 Å². The van der Waals surface area contributed by atoms with Crippen molar-refractivity contribution in [3.8, 4) is 0 Å². The number of nitrogens with zero attached hydrogens (tertiary/aromatic N) is 2. The largest absolute Gasteiger partial charge is 0.465 e. The lowest BCUT2D eigenvalue weighted by Crippen LogP contribution is -2.33. The van der Waals surface area contributed by atoms with E-state index in [2.05, 4.69) is 11.1 Å². The van der Waals surface area contributed by atoms with Crippen molar-refractivity contribution in [1.82, 2.24) is 4.90 Å². The van der Waals surface area contributed by atoms with Crippen molar-refractivity contribution in [3.05, 3.63) is 29.8 Å². The van der Waals surface area contributed by atoms with Crippen molar-refractivity contribution < 1.29 is 9.90 Å². The lowest BCUT2D eigenvalue weighted by molar-refractivity contribution is 0.152. The predicted molar refractivity (Wildman–Crippen MR) is 65.1 cm³/mol. The summed E-state index contributed by atoms with van der Waals surface area (Å²) in [5, 5.41) is 9.07. The van der Waals surface area contributed by atoms with Gasteiger partial charge in [0.05, 0.1) is 12.2 Å². The Morgan fingerprint density at radius 2 is 2.24 bits per heavy atom. The van der Waals surface area contributed by atoms with E-state index in [0.717, 1.165) is 24.2 Å². The highest BCUT2D eigenvalue weighted by molar-refractivity contribution is 6.00. The molecule has 1 N–H and O–H groups in total. The summed E-state index contributed by atoms with van der Waals surface area (Å²) in [4.78, 5) is 17.1. The number of para-hydroxylation sites is 1. The summed E-state index contributed by atoms with van der Waals surface area (Å²) in [5.41, 5.74) is 3.28. The number of amides is 1. The number of likely N-dealkylation sites (tertiary alicyclic amines) is 1. The molecule has 0 spiro atoms. The van der Waals surface area contributed by atoms with Gasteiger partial charge in [0.15, 0.2) is 0 Å². The first-order valence-electron chi connectivity index (χ1n) is 5.90. The van der Waals surface area contributed by atoms with Crippen LogP contribution in [0.3, 0.4) is 0 Å². The van der Waals surface area contributed by atoms with Gasteiger partial charge >= 0.3 is 6.09 Å². The number of aliphatic imine (C=N–C) groups is 1. The Bertz CT molecular complexity index is 496. The first-order chi connectivity index (χ1) is 8.25. The molecule has 3 rings (SSSR count). The normalized spacial score (nSPS) is 22.5. The fourth-order valence-electron chi connectivity index (χ4n) is 2.69. The van der Waals surface area contributed by atoms with Gasteiger partial charge in [-0.3, -0.25) is 4.99 Å². The van der Waals surface area contributed by atoms with E-state index < -0.39 is 6.09 Å². The Morgan fingerprint density at radius 1 is 1.41 bits per heavy atom. The monoisotopic (exact) mass is 230 g/mol. The maximum absolute atomic E-state index is 11.0. The predicted octanol–water partition coefficient (Wildman–Crippen LogP) is 2.63. The van der Waals surface area contributed by atoms with Crippen LogP contribution < -0.4 is 0 Å². The summed E-state index contributed by atoms with van der Waals surface area (Å²) >= 11 is 0. The third-order valence-electron chi connectivity index (χ3n) is 3.52. The van der Waals surface area contributed by atoms with Gasteiger partial charge < -0.3 is 10.0 Å². The number of hydrogen-bond acceptors (Lipinski definition) is 2. The van der Waals surface area contributed by atoms with Crippen LogP contribution in [0.25, 0.3) is 0 Å². The molecule has 2 aliphatic heterocycles. The molecule has 88 valence electrons. The first kappa shape index (κ1) is 10.3. The molecule has 2 heterocycles. The van der Waals surface area contributed by atoms with Crippen LogP contribution in [0, 0.1) is 0 Å². The van der Waals surface area contributed by atoms with Crippen LogP contribution >= 0.6 is 0 Å². The zero-order valence-electron chi connectivity index (χ0n) is 9.47. The van der Waals surface area contributed by atoms with E-state index in [1.165, 1.54) is 10.5 Å². The number of carbonyl (C=O) groups is 1. The van der Waals surface area contributed by atoms with Crippen LogP contribution in [-0.2, 0) is 0 Å². The van der Waals surface area contributed by atoms with E-state index in [9.17, 15) is 4.79 Å². The fourth-order valence-corrected chi connectivity index (χ4v) is 2.69. The van der Waals surface area contributed by atoms with E-state index >= 15 is 0 Å². The molecule has 1 unspecified atom stereocenters. The summed E-state index contributed by atoms with van der Waals surface area (Å²) in [6, 6.07) is 8.11. The van der Waals surface area contributed by atoms with E-state index in [-0.39, 0.29) is 0 Å². The van der Waals surface area contributed by atoms with Gasteiger partial charge in [0.25, 0.3) is 0 Å². The molecule has 0 bridgehead atoms. The first-order valence-corrected chi connectivity index (χ1v) is 5.90. The SMILES string of the molecule is O=C(O)N1CCCC2C(=Nc3ccccc32)C1. The summed E-state index contributed by atoms with van der Waals surface area (Å²) in [7, 11) is 0. The summed E-state index contributed by atoms with van der Waals surface area (Å²) in [6.45, 7) is 1.07. The topological polar surface area (TPSA) is 52.9 Å². The summed E-state index contributed by atoms with van der Waals surface area (Å²) in [5.74, 6) is 0.329. The molecule has 1 atom stereocenters.